The molecule has 17 heavy (non-hydrogen) atoms. The van der Waals surface area contributed by atoms with Crippen LogP contribution in [0.4, 0.5) is 11.8 Å². The molecule has 2 rings (SSSR count). The van der Waals surface area contributed by atoms with E-state index in [1.54, 1.807) is 12.3 Å². The van der Waals surface area contributed by atoms with Crippen molar-refractivity contribution < 1.29 is 0 Å². The third-order valence-electron chi connectivity index (χ3n) is 2.88. The number of aromatic nitrogens is 3. The summed E-state index contributed by atoms with van der Waals surface area (Å²) >= 11 is 0. The first kappa shape index (κ1) is 11.8. The first-order valence-electron chi connectivity index (χ1n) is 6.19. The van der Waals surface area contributed by atoms with Crippen molar-refractivity contribution in [2.24, 2.45) is 0 Å². The van der Waals surface area contributed by atoms with E-state index in [0.717, 1.165) is 18.9 Å². The van der Waals surface area contributed by atoms with Crippen LogP contribution in [0.25, 0.3) is 0 Å². The highest BCUT2D eigenvalue weighted by atomic mass is 15.3. The largest absolute Gasteiger partial charge is 0.355 e. The van der Waals surface area contributed by atoms with Crippen molar-refractivity contribution in [3.05, 3.63) is 18.9 Å². The van der Waals surface area contributed by atoms with Crippen molar-refractivity contribution in [2.75, 3.05) is 29.9 Å². The van der Waals surface area contributed by atoms with E-state index in [-0.39, 0.29) is 0 Å². The highest BCUT2D eigenvalue weighted by molar-refractivity contribution is 5.40. The van der Waals surface area contributed by atoms with Crippen molar-refractivity contribution in [1.82, 2.24) is 15.2 Å². The average molecular weight is 233 g/mol. The molecule has 1 aliphatic heterocycles. The van der Waals surface area contributed by atoms with Gasteiger partial charge < -0.3 is 10.2 Å². The lowest BCUT2D eigenvalue weighted by Gasteiger charge is -2.20. The highest BCUT2D eigenvalue weighted by Gasteiger charge is 2.12. The fourth-order valence-corrected chi connectivity index (χ4v) is 1.99. The Morgan fingerprint density at radius 3 is 2.76 bits per heavy atom. The van der Waals surface area contributed by atoms with Crippen LogP contribution in [-0.2, 0) is 0 Å². The van der Waals surface area contributed by atoms with Gasteiger partial charge in [0.15, 0.2) is 5.82 Å². The van der Waals surface area contributed by atoms with E-state index in [0.29, 0.717) is 12.5 Å². The zero-order valence-electron chi connectivity index (χ0n) is 10.1. The number of nitrogens with zero attached hydrogens (tertiary/aromatic N) is 4. The van der Waals surface area contributed by atoms with Gasteiger partial charge in [0.1, 0.15) is 0 Å². The minimum Gasteiger partial charge on any atom is -0.355 e. The summed E-state index contributed by atoms with van der Waals surface area (Å²) in [6.07, 6.45) is 8.62. The van der Waals surface area contributed by atoms with Gasteiger partial charge in [-0.05, 0) is 12.8 Å². The van der Waals surface area contributed by atoms with Crippen LogP contribution in [0, 0.1) is 0 Å². The molecule has 0 unspecified atom stereocenters. The lowest BCUT2D eigenvalue weighted by Crippen LogP contribution is -2.25. The van der Waals surface area contributed by atoms with Crippen molar-refractivity contribution in [1.29, 1.82) is 0 Å². The van der Waals surface area contributed by atoms with E-state index in [1.165, 1.54) is 25.7 Å². The van der Waals surface area contributed by atoms with Crippen LogP contribution < -0.4 is 10.2 Å². The molecule has 5 heteroatoms. The van der Waals surface area contributed by atoms with Crippen LogP contribution in [0.15, 0.2) is 18.9 Å². The van der Waals surface area contributed by atoms with E-state index < -0.39 is 0 Å². The molecule has 1 aromatic heterocycles. The summed E-state index contributed by atoms with van der Waals surface area (Å²) in [5.41, 5.74) is 0. The van der Waals surface area contributed by atoms with E-state index >= 15 is 0 Å². The van der Waals surface area contributed by atoms with Crippen LogP contribution in [0.1, 0.15) is 25.7 Å². The first-order chi connectivity index (χ1) is 8.40. The molecule has 2 heterocycles. The summed E-state index contributed by atoms with van der Waals surface area (Å²) in [6.45, 7) is 6.45. The summed E-state index contributed by atoms with van der Waals surface area (Å²) in [5, 5.41) is 11.0. The summed E-state index contributed by atoms with van der Waals surface area (Å²) in [5.74, 6) is 1.50. The Kier molecular flexibility index (Phi) is 4.30. The molecular formula is C12H19N5. The molecule has 0 amide bonds. The molecule has 0 spiro atoms. The lowest BCUT2D eigenvalue weighted by molar-refractivity contribution is 0.726. The molecule has 5 nitrogen and oxygen atoms in total. The first-order valence-corrected chi connectivity index (χ1v) is 6.19. The maximum atomic E-state index is 4.47. The quantitative estimate of drug-likeness (QED) is 0.804. The number of hydrogen-bond donors (Lipinski definition) is 1. The van der Waals surface area contributed by atoms with Gasteiger partial charge in [-0.3, -0.25) is 0 Å². The molecule has 0 radical (unpaired) electrons. The Morgan fingerprint density at radius 2 is 2.06 bits per heavy atom. The van der Waals surface area contributed by atoms with E-state index in [2.05, 4.69) is 32.0 Å². The SMILES string of the molecule is C=CCNc1nncc(N2CCCCCC2)n1. The summed E-state index contributed by atoms with van der Waals surface area (Å²) in [7, 11) is 0. The predicted molar refractivity (Wildman–Crippen MR) is 69.2 cm³/mol. The molecule has 0 aliphatic carbocycles. The minimum absolute atomic E-state index is 0.576. The van der Waals surface area contributed by atoms with Gasteiger partial charge in [0, 0.05) is 19.6 Å². The van der Waals surface area contributed by atoms with Crippen LogP contribution in [-0.4, -0.2) is 34.8 Å². The molecule has 0 aromatic carbocycles. The minimum atomic E-state index is 0.576. The molecule has 0 atom stereocenters. The van der Waals surface area contributed by atoms with Gasteiger partial charge in [-0.1, -0.05) is 18.9 Å². The van der Waals surface area contributed by atoms with Gasteiger partial charge in [-0.2, -0.15) is 10.1 Å². The van der Waals surface area contributed by atoms with Crippen LogP contribution in [0.3, 0.4) is 0 Å². The molecule has 0 bridgehead atoms. The summed E-state index contributed by atoms with van der Waals surface area (Å²) in [4.78, 5) is 6.76. The van der Waals surface area contributed by atoms with Crippen LogP contribution in [0.2, 0.25) is 0 Å². The Labute approximate surface area is 102 Å². The van der Waals surface area contributed by atoms with Gasteiger partial charge in [-0.25, -0.2) is 0 Å². The van der Waals surface area contributed by atoms with Gasteiger partial charge in [0.05, 0.1) is 6.20 Å². The van der Waals surface area contributed by atoms with Crippen LogP contribution in [0.5, 0.6) is 0 Å². The van der Waals surface area contributed by atoms with E-state index in [4.69, 9.17) is 0 Å². The van der Waals surface area contributed by atoms with Gasteiger partial charge in [-0.15, -0.1) is 11.7 Å². The predicted octanol–water partition coefficient (Wildman–Crippen LogP) is 1.85. The Balaban J connectivity index is 2.05. The fourth-order valence-electron chi connectivity index (χ4n) is 1.99. The fraction of sp³-hybridized carbons (Fsp3) is 0.583. The smallest absolute Gasteiger partial charge is 0.244 e. The topological polar surface area (TPSA) is 53.9 Å². The standard InChI is InChI=1S/C12H19N5/c1-2-7-13-12-15-11(10-14-16-12)17-8-5-3-4-6-9-17/h2,10H,1,3-9H2,(H,13,15,16). The second-order valence-corrected chi connectivity index (χ2v) is 4.21. The normalized spacial score (nSPS) is 16.4. The molecule has 1 fully saturated rings. The second kappa shape index (κ2) is 6.18. The zero-order chi connectivity index (χ0) is 11.9. The Hall–Kier alpha value is -1.65. The van der Waals surface area contributed by atoms with Gasteiger partial charge in [0.2, 0.25) is 5.95 Å². The summed E-state index contributed by atoms with van der Waals surface area (Å²) in [6, 6.07) is 0. The molecule has 1 N–H and O–H groups in total. The van der Waals surface area contributed by atoms with Gasteiger partial charge in [0.25, 0.3) is 0 Å². The number of nitrogens with one attached hydrogen (secondary N) is 1. The molecule has 1 aliphatic rings. The summed E-state index contributed by atoms with van der Waals surface area (Å²) < 4.78 is 0. The van der Waals surface area contributed by atoms with E-state index in [9.17, 15) is 0 Å². The second-order valence-electron chi connectivity index (χ2n) is 4.21. The van der Waals surface area contributed by atoms with Crippen molar-refractivity contribution in [2.45, 2.75) is 25.7 Å². The number of anilines is 2. The average Bonchev–Trinajstić information content (AvgIpc) is 2.65. The molecule has 92 valence electrons. The van der Waals surface area contributed by atoms with E-state index in [1.807, 2.05) is 0 Å². The van der Waals surface area contributed by atoms with Gasteiger partial charge >= 0.3 is 0 Å². The number of hydrogen-bond acceptors (Lipinski definition) is 5. The monoisotopic (exact) mass is 233 g/mol. The third-order valence-corrected chi connectivity index (χ3v) is 2.88. The maximum absolute atomic E-state index is 4.47. The van der Waals surface area contributed by atoms with Crippen molar-refractivity contribution in [3.8, 4) is 0 Å². The highest BCUT2D eigenvalue weighted by Crippen LogP contribution is 2.16. The van der Waals surface area contributed by atoms with Crippen LogP contribution >= 0.6 is 0 Å². The zero-order valence-corrected chi connectivity index (χ0v) is 10.1. The molecule has 0 saturated carbocycles. The number of rotatable bonds is 4. The Bertz CT molecular complexity index is 358. The van der Waals surface area contributed by atoms with Crippen molar-refractivity contribution >= 4 is 11.8 Å². The Morgan fingerprint density at radius 1 is 1.29 bits per heavy atom. The maximum Gasteiger partial charge on any atom is 0.244 e. The third kappa shape index (κ3) is 3.41. The molecule has 1 aromatic rings. The van der Waals surface area contributed by atoms with Crippen molar-refractivity contribution in [3.63, 3.8) is 0 Å². The molecule has 1 saturated heterocycles. The molecular weight excluding hydrogens is 214 g/mol. The lowest BCUT2D eigenvalue weighted by atomic mass is 10.2.